The minimum atomic E-state index is -4.47. The Hall–Kier alpha value is -6.88. The van der Waals surface area contributed by atoms with Crippen LogP contribution in [-0.2, 0) is 27.4 Å². The van der Waals surface area contributed by atoms with Crippen LogP contribution in [0.2, 0.25) is 0 Å². The molecule has 0 unspecified atom stereocenters. The number of nitrogens with zero attached hydrogens (tertiary/aromatic N) is 5. The first-order chi connectivity index (χ1) is 32.8. The zero-order valence-electron chi connectivity index (χ0n) is 38.0. The van der Waals surface area contributed by atoms with Crippen LogP contribution in [0.25, 0.3) is 22.0 Å². The van der Waals surface area contributed by atoms with Crippen LogP contribution in [0, 0.1) is 25.7 Å². The van der Waals surface area contributed by atoms with Crippen molar-refractivity contribution in [2.24, 2.45) is 0 Å². The molecule has 1 amide bonds. The van der Waals surface area contributed by atoms with Gasteiger partial charge >= 0.3 is 6.18 Å². The molecule has 7 rings (SSSR count). The summed E-state index contributed by atoms with van der Waals surface area (Å²) in [6.45, 7) is 5.41. The number of fused-ring (bicyclic) bond motifs is 1. The topological polar surface area (TPSA) is 159 Å². The van der Waals surface area contributed by atoms with E-state index in [2.05, 4.69) is 37.9 Å². The van der Waals surface area contributed by atoms with E-state index in [1.807, 2.05) is 25.8 Å². The zero-order chi connectivity index (χ0) is 48.0. The van der Waals surface area contributed by atoms with Gasteiger partial charge in [0.05, 0.1) is 68.2 Å². The molecule has 0 radical (unpaired) electrons. The standard InChI is InChI=1S/C49H54F4N8O7/c1-33-48(34(2)68-58-33)35-12-17-47(63)60(28-35)29-37-7-4-11-46(56-37)67-31-45(62)55-20-22-64-23-24-65-25-26-66-39-15-13-36(14-16-39)54-19-6-8-38-27-40-42(57-43-18-21-59(3)30-41(43)50)9-5-10-44(40)61(38)32-49(51,52)53/h4-5,7,9-17,27-28,41,43,54,57H,18-26,29-32H2,1-3H3,(H,55,62)/t41-,43+/m0/s1. The van der Waals surface area contributed by atoms with E-state index in [0.29, 0.717) is 66.6 Å². The van der Waals surface area contributed by atoms with Gasteiger partial charge in [-0.05, 0) is 87.8 Å². The smallest absolute Gasteiger partial charge is 0.406 e. The molecule has 1 aliphatic rings. The summed E-state index contributed by atoms with van der Waals surface area (Å²) in [5.74, 6) is 7.02. The van der Waals surface area contributed by atoms with Gasteiger partial charge in [0.2, 0.25) is 5.88 Å². The van der Waals surface area contributed by atoms with Crippen molar-refractivity contribution in [1.29, 1.82) is 0 Å². The van der Waals surface area contributed by atoms with Gasteiger partial charge in [-0.3, -0.25) is 9.59 Å². The van der Waals surface area contributed by atoms with Gasteiger partial charge < -0.3 is 53.5 Å². The number of piperidine rings is 1. The molecule has 360 valence electrons. The monoisotopic (exact) mass is 942 g/mol. The van der Waals surface area contributed by atoms with Gasteiger partial charge in [0.25, 0.3) is 11.5 Å². The molecule has 15 nitrogen and oxygen atoms in total. The van der Waals surface area contributed by atoms with Gasteiger partial charge in [-0.1, -0.05) is 23.2 Å². The van der Waals surface area contributed by atoms with Crippen molar-refractivity contribution in [3.63, 3.8) is 0 Å². The Morgan fingerprint density at radius 1 is 0.956 bits per heavy atom. The molecular formula is C49H54F4N8O7. The predicted molar refractivity (Wildman–Crippen MR) is 249 cm³/mol. The molecule has 2 aromatic carbocycles. The Balaban J connectivity index is 0.756. The molecule has 1 aliphatic heterocycles. The minimum absolute atomic E-state index is 0.178. The summed E-state index contributed by atoms with van der Waals surface area (Å²) in [4.78, 5) is 31.3. The van der Waals surface area contributed by atoms with Crippen molar-refractivity contribution in [3.8, 4) is 34.6 Å². The summed E-state index contributed by atoms with van der Waals surface area (Å²) in [7, 11) is 1.86. The molecule has 2 atom stereocenters. The summed E-state index contributed by atoms with van der Waals surface area (Å²) < 4.78 is 86.3. The van der Waals surface area contributed by atoms with Crippen molar-refractivity contribution < 1.29 is 45.8 Å². The first-order valence-corrected chi connectivity index (χ1v) is 22.2. The maximum absolute atomic E-state index is 14.8. The summed E-state index contributed by atoms with van der Waals surface area (Å²) in [5, 5.41) is 13.7. The Morgan fingerprint density at radius 3 is 2.50 bits per heavy atom. The number of likely N-dealkylation sites (tertiary alicyclic amines) is 1. The number of benzene rings is 2. The van der Waals surface area contributed by atoms with E-state index >= 15 is 0 Å². The van der Waals surface area contributed by atoms with Crippen LogP contribution in [0.1, 0.15) is 29.3 Å². The van der Waals surface area contributed by atoms with E-state index in [1.165, 1.54) is 10.6 Å². The largest absolute Gasteiger partial charge is 0.491 e. The molecule has 4 aromatic heterocycles. The number of hydrogen-bond donors (Lipinski definition) is 3. The highest BCUT2D eigenvalue weighted by Gasteiger charge is 2.31. The van der Waals surface area contributed by atoms with Crippen LogP contribution < -0.4 is 31.0 Å². The second-order valence-electron chi connectivity index (χ2n) is 16.2. The fourth-order valence-electron chi connectivity index (χ4n) is 7.72. The molecule has 6 aromatic rings. The predicted octanol–water partition coefficient (Wildman–Crippen LogP) is 6.61. The molecule has 68 heavy (non-hydrogen) atoms. The number of anilines is 2. The number of aromatic nitrogens is 4. The minimum Gasteiger partial charge on any atom is -0.491 e. The molecule has 3 N–H and O–H groups in total. The second kappa shape index (κ2) is 23.2. The average Bonchev–Trinajstić information content (AvgIpc) is 3.84. The molecule has 5 heterocycles. The van der Waals surface area contributed by atoms with Gasteiger partial charge in [-0.25, -0.2) is 9.37 Å². The first kappa shape index (κ1) is 49.0. The van der Waals surface area contributed by atoms with Crippen molar-refractivity contribution in [2.75, 3.05) is 83.5 Å². The van der Waals surface area contributed by atoms with Crippen molar-refractivity contribution >= 4 is 28.2 Å². The lowest BCUT2D eigenvalue weighted by molar-refractivity contribution is -0.140. The van der Waals surface area contributed by atoms with Crippen LogP contribution in [0.3, 0.4) is 0 Å². The van der Waals surface area contributed by atoms with Gasteiger partial charge in [0.15, 0.2) is 6.61 Å². The van der Waals surface area contributed by atoms with E-state index in [1.54, 1.807) is 79.0 Å². The number of carbonyl (C=O) groups is 1. The highest BCUT2D eigenvalue weighted by atomic mass is 19.4. The Bertz CT molecular complexity index is 2730. The van der Waals surface area contributed by atoms with E-state index in [-0.39, 0.29) is 62.4 Å². The van der Waals surface area contributed by atoms with Crippen molar-refractivity contribution in [2.45, 2.75) is 51.7 Å². The van der Waals surface area contributed by atoms with Crippen LogP contribution in [0.5, 0.6) is 11.6 Å². The van der Waals surface area contributed by atoms with Gasteiger partial charge in [-0.15, -0.1) is 0 Å². The third kappa shape index (κ3) is 13.8. The van der Waals surface area contributed by atoms with Crippen LogP contribution in [0.15, 0.2) is 94.4 Å². The van der Waals surface area contributed by atoms with Crippen LogP contribution in [0.4, 0.5) is 28.9 Å². The third-order valence-corrected chi connectivity index (χ3v) is 11.0. The second-order valence-corrected chi connectivity index (χ2v) is 16.2. The molecule has 19 heteroatoms. The highest BCUT2D eigenvalue weighted by Crippen LogP contribution is 2.32. The first-order valence-electron chi connectivity index (χ1n) is 22.2. The molecule has 0 spiro atoms. The molecule has 0 bridgehead atoms. The summed E-state index contributed by atoms with van der Waals surface area (Å²) >= 11 is 0. The number of aryl methyl sites for hydroxylation is 2. The Morgan fingerprint density at radius 2 is 1.74 bits per heavy atom. The number of halogens is 4. The summed E-state index contributed by atoms with van der Waals surface area (Å²) in [5.41, 5.74) is 4.65. The lowest BCUT2D eigenvalue weighted by Gasteiger charge is -2.33. The number of alkyl halides is 4. The quantitative estimate of drug-likeness (QED) is 0.0404. The third-order valence-electron chi connectivity index (χ3n) is 11.0. The van der Waals surface area contributed by atoms with E-state index in [4.69, 9.17) is 23.5 Å². The number of hydrogen-bond acceptors (Lipinski definition) is 12. The number of ether oxygens (including phenoxy) is 4. The zero-order valence-corrected chi connectivity index (χ0v) is 38.0. The van der Waals surface area contributed by atoms with Crippen molar-refractivity contribution in [1.82, 2.24) is 29.5 Å². The SMILES string of the molecule is Cc1noc(C)c1-c1ccc(=O)n(Cc2cccc(OCC(=O)NCCOCCOCCOc3ccc(NCC#Cc4cc5c(N[C@@H]6CCN(C)C[C@@H]6F)cccc5n4CC(F)(F)F)cc3)n2)c1. The number of rotatable bonds is 21. The molecule has 0 saturated carbocycles. The van der Waals surface area contributed by atoms with Gasteiger partial charge in [0.1, 0.15) is 30.8 Å². The number of pyridine rings is 2. The average molecular weight is 943 g/mol. The number of amides is 1. The van der Waals surface area contributed by atoms with E-state index < -0.39 is 24.9 Å². The van der Waals surface area contributed by atoms with E-state index in [0.717, 1.165) is 33.6 Å². The Labute approximate surface area is 390 Å². The molecule has 1 fully saturated rings. The van der Waals surface area contributed by atoms with Crippen LogP contribution >= 0.6 is 0 Å². The lowest BCUT2D eigenvalue weighted by Crippen LogP contribution is -2.46. The van der Waals surface area contributed by atoms with Gasteiger partial charge in [0, 0.05) is 65.9 Å². The van der Waals surface area contributed by atoms with Crippen molar-refractivity contribution in [3.05, 3.63) is 118 Å². The highest BCUT2D eigenvalue weighted by molar-refractivity contribution is 5.94. The normalized spacial score (nSPS) is 15.2. The molecule has 0 aliphatic carbocycles. The van der Waals surface area contributed by atoms with E-state index in [9.17, 15) is 27.2 Å². The molecule has 1 saturated heterocycles. The number of carbonyl (C=O) groups excluding carboxylic acids is 1. The fraction of sp³-hybridized carbons (Fsp3) is 0.388. The number of nitrogens with one attached hydrogen (secondary N) is 3. The maximum Gasteiger partial charge on any atom is 0.406 e. The lowest BCUT2D eigenvalue weighted by atomic mass is 10.0. The van der Waals surface area contributed by atoms with Gasteiger partial charge in [-0.2, -0.15) is 13.2 Å². The summed E-state index contributed by atoms with van der Waals surface area (Å²) in [6.07, 6.45) is -3.26. The fourth-order valence-corrected chi connectivity index (χ4v) is 7.72. The summed E-state index contributed by atoms with van der Waals surface area (Å²) in [6, 6.07) is 21.8. The molecular weight excluding hydrogens is 889 g/mol. The Kier molecular flexibility index (Phi) is 16.7. The maximum atomic E-state index is 14.8. The van der Waals surface area contributed by atoms with Crippen LogP contribution in [-0.4, -0.2) is 121 Å².